The molecule has 0 radical (unpaired) electrons. The van der Waals surface area contributed by atoms with Gasteiger partial charge in [0, 0.05) is 11.3 Å². The summed E-state index contributed by atoms with van der Waals surface area (Å²) in [6.07, 6.45) is 0. The van der Waals surface area contributed by atoms with Gasteiger partial charge in [0.05, 0.1) is 32.4 Å². The van der Waals surface area contributed by atoms with Crippen LogP contribution < -0.4 is 19.1 Å². The summed E-state index contributed by atoms with van der Waals surface area (Å²) in [5, 5.41) is 11.3. The number of nitrogens with zero attached hydrogens (tertiary/aromatic N) is 1. The van der Waals surface area contributed by atoms with Gasteiger partial charge in [-0.25, -0.2) is 4.39 Å². The summed E-state index contributed by atoms with van der Waals surface area (Å²) in [6.45, 7) is 3.75. The Morgan fingerprint density at radius 1 is 0.972 bits per heavy atom. The van der Waals surface area contributed by atoms with Crippen molar-refractivity contribution in [3.8, 4) is 17.2 Å². The zero-order valence-electron chi connectivity index (χ0n) is 20.4. The van der Waals surface area contributed by atoms with Crippen LogP contribution in [0.3, 0.4) is 0 Å². The number of amides is 1. The zero-order chi connectivity index (χ0) is 26.0. The number of ketones is 1. The van der Waals surface area contributed by atoms with Crippen molar-refractivity contribution < 1.29 is 33.3 Å². The maximum Gasteiger partial charge on any atom is 0.300 e. The minimum absolute atomic E-state index is 0.116. The first kappa shape index (κ1) is 24.8. The molecule has 4 rings (SSSR count). The molecular formula is C28H26FNO6. The average molecular weight is 492 g/mol. The molecule has 0 spiro atoms. The lowest BCUT2D eigenvalue weighted by molar-refractivity contribution is -0.132. The largest absolute Gasteiger partial charge is 0.507 e. The van der Waals surface area contributed by atoms with E-state index in [4.69, 9.17) is 14.2 Å². The van der Waals surface area contributed by atoms with Crippen LogP contribution in [0.2, 0.25) is 0 Å². The maximum atomic E-state index is 13.9. The molecule has 3 aromatic rings. The standard InChI is InChI=1S/C28H26FNO6/c1-5-36-23-15-17(7-13-22(23)35-4)25-24(26(31)18-6-12-21(29)16(2)14-18)27(32)28(33)30(25)19-8-10-20(34-3)11-9-19/h6-15,25,31H,5H2,1-4H3/b26-24-. The molecule has 1 saturated heterocycles. The number of benzene rings is 3. The van der Waals surface area contributed by atoms with Gasteiger partial charge in [-0.15, -0.1) is 0 Å². The Labute approximate surface area is 208 Å². The number of hydrogen-bond acceptors (Lipinski definition) is 6. The van der Waals surface area contributed by atoms with Gasteiger partial charge in [0.2, 0.25) is 0 Å². The van der Waals surface area contributed by atoms with Crippen LogP contribution in [0.1, 0.15) is 29.7 Å². The fourth-order valence-electron chi connectivity index (χ4n) is 4.24. The monoisotopic (exact) mass is 491 g/mol. The molecule has 7 nitrogen and oxygen atoms in total. The van der Waals surface area contributed by atoms with Crippen molar-refractivity contribution in [2.24, 2.45) is 0 Å². The number of aliphatic hydroxyl groups is 1. The second-order valence-corrected chi connectivity index (χ2v) is 8.17. The van der Waals surface area contributed by atoms with Crippen LogP contribution in [0.5, 0.6) is 17.2 Å². The van der Waals surface area contributed by atoms with E-state index in [1.54, 1.807) is 49.4 Å². The summed E-state index contributed by atoms with van der Waals surface area (Å²) >= 11 is 0. The molecule has 1 atom stereocenters. The quantitative estimate of drug-likeness (QED) is 0.279. The number of rotatable bonds is 7. The Morgan fingerprint density at radius 3 is 2.31 bits per heavy atom. The van der Waals surface area contributed by atoms with Crippen LogP contribution >= 0.6 is 0 Å². The highest BCUT2D eigenvalue weighted by molar-refractivity contribution is 6.51. The van der Waals surface area contributed by atoms with Crippen molar-refractivity contribution in [2.45, 2.75) is 19.9 Å². The lowest BCUT2D eigenvalue weighted by atomic mass is 9.94. The second kappa shape index (κ2) is 10.1. The molecule has 1 aliphatic heterocycles. The van der Waals surface area contributed by atoms with Gasteiger partial charge < -0.3 is 19.3 Å². The molecule has 1 fully saturated rings. The Balaban J connectivity index is 1.95. The number of carbonyl (C=O) groups is 2. The topological polar surface area (TPSA) is 85.3 Å². The van der Waals surface area contributed by atoms with E-state index in [9.17, 15) is 19.1 Å². The van der Waals surface area contributed by atoms with Crippen molar-refractivity contribution in [1.82, 2.24) is 0 Å². The minimum atomic E-state index is -0.978. The van der Waals surface area contributed by atoms with E-state index in [0.717, 1.165) is 0 Å². The predicted molar refractivity (Wildman–Crippen MR) is 133 cm³/mol. The van der Waals surface area contributed by atoms with E-state index in [-0.39, 0.29) is 11.1 Å². The van der Waals surface area contributed by atoms with Crippen LogP contribution in [-0.2, 0) is 9.59 Å². The number of hydrogen-bond donors (Lipinski definition) is 1. The van der Waals surface area contributed by atoms with E-state index >= 15 is 0 Å². The van der Waals surface area contributed by atoms with Crippen molar-refractivity contribution in [3.63, 3.8) is 0 Å². The highest BCUT2D eigenvalue weighted by atomic mass is 19.1. The number of halogens is 1. The molecular weight excluding hydrogens is 465 g/mol. The molecule has 0 aromatic heterocycles. The first-order valence-corrected chi connectivity index (χ1v) is 11.3. The van der Waals surface area contributed by atoms with Crippen molar-refractivity contribution in [3.05, 3.63) is 88.7 Å². The fourth-order valence-corrected chi connectivity index (χ4v) is 4.24. The molecule has 0 bridgehead atoms. The number of Topliss-reactive ketones (excluding diaryl/α,β-unsaturated/α-hetero) is 1. The lowest BCUT2D eigenvalue weighted by Gasteiger charge is -2.26. The number of methoxy groups -OCH3 is 2. The van der Waals surface area contributed by atoms with Gasteiger partial charge in [-0.3, -0.25) is 14.5 Å². The number of ether oxygens (including phenoxy) is 3. The van der Waals surface area contributed by atoms with Crippen LogP contribution in [0.25, 0.3) is 5.76 Å². The van der Waals surface area contributed by atoms with Crippen molar-refractivity contribution in [1.29, 1.82) is 0 Å². The molecule has 36 heavy (non-hydrogen) atoms. The Hall–Kier alpha value is -4.33. The molecule has 186 valence electrons. The third-order valence-corrected chi connectivity index (χ3v) is 6.03. The smallest absolute Gasteiger partial charge is 0.300 e. The van der Waals surface area contributed by atoms with Crippen molar-refractivity contribution >= 4 is 23.1 Å². The molecule has 1 amide bonds. The normalized spacial score (nSPS) is 16.8. The molecule has 3 aromatic carbocycles. The first-order valence-electron chi connectivity index (χ1n) is 11.3. The highest BCUT2D eigenvalue weighted by Crippen LogP contribution is 2.44. The summed E-state index contributed by atoms with van der Waals surface area (Å²) in [6, 6.07) is 14.8. The molecule has 1 N–H and O–H groups in total. The Bertz CT molecular complexity index is 1350. The molecule has 1 heterocycles. The number of aryl methyl sites for hydroxylation is 1. The predicted octanol–water partition coefficient (Wildman–Crippen LogP) is 5.18. The summed E-state index contributed by atoms with van der Waals surface area (Å²) in [4.78, 5) is 28.0. The van der Waals surface area contributed by atoms with E-state index in [1.165, 1.54) is 37.3 Å². The summed E-state index contributed by atoms with van der Waals surface area (Å²) in [7, 11) is 3.04. The third kappa shape index (κ3) is 4.37. The summed E-state index contributed by atoms with van der Waals surface area (Å²) in [5.41, 5.74) is 1.36. The Morgan fingerprint density at radius 2 is 1.69 bits per heavy atom. The highest BCUT2D eigenvalue weighted by Gasteiger charge is 2.47. The van der Waals surface area contributed by atoms with Gasteiger partial charge in [-0.1, -0.05) is 6.07 Å². The number of aliphatic hydroxyl groups excluding tert-OH is 1. The van der Waals surface area contributed by atoms with Crippen molar-refractivity contribution in [2.75, 3.05) is 25.7 Å². The summed E-state index contributed by atoms with van der Waals surface area (Å²) < 4.78 is 30.2. The van der Waals surface area contributed by atoms with Gasteiger partial charge in [0.25, 0.3) is 11.7 Å². The molecule has 0 saturated carbocycles. The van der Waals surface area contributed by atoms with Crippen LogP contribution in [0.4, 0.5) is 10.1 Å². The molecule has 1 unspecified atom stereocenters. The molecule has 0 aliphatic carbocycles. The molecule has 8 heteroatoms. The van der Waals surface area contributed by atoms with E-state index in [0.29, 0.717) is 40.7 Å². The van der Waals surface area contributed by atoms with Gasteiger partial charge in [0.15, 0.2) is 11.5 Å². The van der Waals surface area contributed by atoms with E-state index < -0.39 is 29.3 Å². The number of anilines is 1. The third-order valence-electron chi connectivity index (χ3n) is 6.03. The molecule has 1 aliphatic rings. The van der Waals surface area contributed by atoms with E-state index in [1.807, 2.05) is 6.92 Å². The first-order chi connectivity index (χ1) is 17.3. The van der Waals surface area contributed by atoms with Crippen LogP contribution in [0, 0.1) is 12.7 Å². The SMILES string of the molecule is CCOc1cc(C2/C(=C(/O)c3ccc(F)c(C)c3)C(=O)C(=O)N2c2ccc(OC)cc2)ccc1OC. The average Bonchev–Trinajstić information content (AvgIpc) is 3.15. The number of carbonyl (C=O) groups excluding carboxylic acids is 2. The maximum absolute atomic E-state index is 13.9. The van der Waals surface area contributed by atoms with Crippen LogP contribution in [0.15, 0.2) is 66.2 Å². The lowest BCUT2D eigenvalue weighted by Crippen LogP contribution is -2.29. The zero-order valence-corrected chi connectivity index (χ0v) is 20.4. The van der Waals surface area contributed by atoms with Gasteiger partial charge >= 0.3 is 0 Å². The van der Waals surface area contributed by atoms with Gasteiger partial charge in [0.1, 0.15) is 17.3 Å². The van der Waals surface area contributed by atoms with Crippen LogP contribution in [-0.4, -0.2) is 37.6 Å². The van der Waals surface area contributed by atoms with Gasteiger partial charge in [-0.05, 0) is 79.6 Å². The van der Waals surface area contributed by atoms with Gasteiger partial charge in [-0.2, -0.15) is 0 Å². The Kier molecular flexibility index (Phi) is 6.96. The minimum Gasteiger partial charge on any atom is -0.507 e. The fraction of sp³-hybridized carbons (Fsp3) is 0.214. The van der Waals surface area contributed by atoms with E-state index in [2.05, 4.69) is 0 Å². The second-order valence-electron chi connectivity index (χ2n) is 8.17. The summed E-state index contributed by atoms with van der Waals surface area (Å²) in [5.74, 6) is -1.02.